The van der Waals surface area contributed by atoms with Crippen LogP contribution in [0.5, 0.6) is 0 Å². The molecule has 8 nitrogen and oxygen atoms in total. The highest BCUT2D eigenvalue weighted by atomic mass is 79.9. The van der Waals surface area contributed by atoms with E-state index in [1.54, 1.807) is 18.5 Å². The highest BCUT2D eigenvalue weighted by molar-refractivity contribution is 9.10. The second-order valence-corrected chi connectivity index (χ2v) is 8.79. The lowest BCUT2D eigenvalue weighted by Gasteiger charge is -2.40. The fourth-order valence-electron chi connectivity index (χ4n) is 2.97. The number of aliphatic hydroxyl groups excluding tert-OH is 3. The maximum absolute atomic E-state index is 13.5. The Labute approximate surface area is 193 Å². The second kappa shape index (κ2) is 10.7. The van der Waals surface area contributed by atoms with Crippen molar-refractivity contribution in [1.29, 1.82) is 0 Å². The first-order valence-electron chi connectivity index (χ1n) is 9.10. The molecule has 3 unspecified atom stereocenters. The van der Waals surface area contributed by atoms with Gasteiger partial charge in [-0.25, -0.2) is 13.2 Å². The van der Waals surface area contributed by atoms with Crippen LogP contribution in [0.3, 0.4) is 0 Å². The number of ether oxygens (including phenoxy) is 1. The van der Waals surface area contributed by atoms with Gasteiger partial charge in [-0.1, -0.05) is 11.8 Å². The van der Waals surface area contributed by atoms with E-state index in [9.17, 15) is 28.5 Å². The van der Waals surface area contributed by atoms with Crippen LogP contribution in [0.25, 0.3) is 0 Å². The number of thioether (sulfide) groups is 1. The van der Waals surface area contributed by atoms with Gasteiger partial charge in [-0.3, -0.25) is 9.98 Å². The number of aliphatic imine (C=N–C) groups is 1. The van der Waals surface area contributed by atoms with Gasteiger partial charge in [0.05, 0.1) is 6.61 Å². The number of halogens is 4. The van der Waals surface area contributed by atoms with Gasteiger partial charge in [0.25, 0.3) is 0 Å². The number of rotatable bonds is 6. The molecule has 1 aromatic carbocycles. The first kappa shape index (κ1) is 24.6. The van der Waals surface area contributed by atoms with Gasteiger partial charge in [0.15, 0.2) is 17.5 Å². The number of aromatic nitrogens is 1. The Balaban J connectivity index is 1.85. The maximum atomic E-state index is 13.5. The van der Waals surface area contributed by atoms with E-state index in [2.05, 4.69) is 31.0 Å². The van der Waals surface area contributed by atoms with Crippen molar-refractivity contribution in [3.63, 3.8) is 0 Å². The van der Waals surface area contributed by atoms with Crippen molar-refractivity contribution in [3.05, 3.63) is 58.1 Å². The standard InChI is InChI=1S/C19H18BrF3N4O4S/c20-9-3-10(5-25-4-9)32-19-18(30)16(17(29)14(7-28)31-19)26-6-13(27-24)8-1-11(21)15(23)12(22)2-8/h1-6,14,16-19,28-30H,7,24H2/t14?,16?,17-,18?,19+/m0/s1. The molecular weight excluding hydrogens is 517 g/mol. The van der Waals surface area contributed by atoms with Crippen LogP contribution in [-0.2, 0) is 4.74 Å². The van der Waals surface area contributed by atoms with E-state index >= 15 is 0 Å². The normalized spacial score (nSPS) is 26.6. The van der Waals surface area contributed by atoms with Crippen molar-refractivity contribution in [3.8, 4) is 0 Å². The summed E-state index contributed by atoms with van der Waals surface area (Å²) in [5.74, 6) is 0.741. The van der Waals surface area contributed by atoms with E-state index in [-0.39, 0.29) is 11.3 Å². The molecule has 5 atom stereocenters. The van der Waals surface area contributed by atoms with Crippen LogP contribution < -0.4 is 5.84 Å². The average Bonchev–Trinajstić information content (AvgIpc) is 2.76. The summed E-state index contributed by atoms with van der Waals surface area (Å²) in [6.45, 7) is -0.556. The monoisotopic (exact) mass is 534 g/mol. The number of benzene rings is 1. The zero-order valence-electron chi connectivity index (χ0n) is 16.1. The zero-order valence-corrected chi connectivity index (χ0v) is 18.5. The molecule has 2 aromatic rings. The van der Waals surface area contributed by atoms with Crippen LogP contribution in [0.15, 0.2) is 50.1 Å². The second-order valence-electron chi connectivity index (χ2n) is 6.70. The minimum atomic E-state index is -1.65. The summed E-state index contributed by atoms with van der Waals surface area (Å²) in [5.41, 5.74) is -1.36. The lowest BCUT2D eigenvalue weighted by atomic mass is 9.98. The molecule has 0 spiro atoms. The minimum Gasteiger partial charge on any atom is -0.394 e. The van der Waals surface area contributed by atoms with E-state index < -0.39 is 53.8 Å². The van der Waals surface area contributed by atoms with E-state index in [0.29, 0.717) is 21.5 Å². The number of hydrazone groups is 1. The van der Waals surface area contributed by atoms with E-state index in [0.717, 1.165) is 18.0 Å². The van der Waals surface area contributed by atoms with Crippen LogP contribution in [0, 0.1) is 17.5 Å². The topological polar surface area (TPSA) is 134 Å². The van der Waals surface area contributed by atoms with Gasteiger partial charge in [0.1, 0.15) is 35.5 Å². The van der Waals surface area contributed by atoms with Crippen molar-refractivity contribution in [2.24, 2.45) is 15.9 Å². The van der Waals surface area contributed by atoms with Crippen molar-refractivity contribution >= 4 is 39.6 Å². The summed E-state index contributed by atoms with van der Waals surface area (Å²) in [6.07, 6.45) is 0.269. The first-order valence-corrected chi connectivity index (χ1v) is 10.8. The Morgan fingerprint density at radius 1 is 1.19 bits per heavy atom. The summed E-state index contributed by atoms with van der Waals surface area (Å²) in [6, 6.07) is 1.90. The van der Waals surface area contributed by atoms with Crippen LogP contribution >= 0.6 is 27.7 Å². The highest BCUT2D eigenvalue weighted by Gasteiger charge is 2.44. The fourth-order valence-corrected chi connectivity index (χ4v) is 4.57. The molecule has 1 aromatic heterocycles. The molecule has 13 heteroatoms. The summed E-state index contributed by atoms with van der Waals surface area (Å²) in [7, 11) is 0. The molecule has 1 saturated heterocycles. The number of hydrogen-bond acceptors (Lipinski definition) is 9. The third kappa shape index (κ3) is 5.47. The molecule has 3 rings (SSSR count). The highest BCUT2D eigenvalue weighted by Crippen LogP contribution is 2.34. The molecule has 1 aliphatic rings. The Bertz CT molecular complexity index is 1010. The molecule has 0 aliphatic carbocycles. The van der Waals surface area contributed by atoms with E-state index in [1.807, 2.05) is 0 Å². The first-order chi connectivity index (χ1) is 15.2. The molecule has 0 bridgehead atoms. The lowest BCUT2D eigenvalue weighted by molar-refractivity contribution is -0.159. The molecule has 1 aliphatic heterocycles. The number of nitrogens with zero attached hydrogens (tertiary/aromatic N) is 3. The Kier molecular flexibility index (Phi) is 8.25. The smallest absolute Gasteiger partial charge is 0.194 e. The van der Waals surface area contributed by atoms with Gasteiger partial charge in [0, 0.05) is 33.5 Å². The van der Waals surface area contributed by atoms with Crippen molar-refractivity contribution in [2.75, 3.05) is 6.61 Å². The van der Waals surface area contributed by atoms with Crippen LogP contribution in [0.4, 0.5) is 13.2 Å². The summed E-state index contributed by atoms with van der Waals surface area (Å²) in [5, 5.41) is 34.2. The van der Waals surface area contributed by atoms with Crippen molar-refractivity contribution in [1.82, 2.24) is 4.98 Å². The van der Waals surface area contributed by atoms with Crippen LogP contribution in [0.2, 0.25) is 0 Å². The molecule has 0 radical (unpaired) electrons. The number of pyridine rings is 1. The SMILES string of the molecule is NN=C(C=NC1C(O)[C@@H](Sc2cncc(Br)c2)OC(CO)[C@@H]1O)c1cc(F)c(F)c(F)c1. The molecule has 172 valence electrons. The third-order valence-electron chi connectivity index (χ3n) is 4.57. The molecule has 32 heavy (non-hydrogen) atoms. The Morgan fingerprint density at radius 2 is 1.88 bits per heavy atom. The number of hydrogen-bond donors (Lipinski definition) is 4. The van der Waals surface area contributed by atoms with Gasteiger partial charge < -0.3 is 25.9 Å². The largest absolute Gasteiger partial charge is 0.394 e. The van der Waals surface area contributed by atoms with Gasteiger partial charge in [-0.15, -0.1) is 0 Å². The van der Waals surface area contributed by atoms with Crippen LogP contribution in [0.1, 0.15) is 5.56 Å². The Hall–Kier alpha value is -2.03. The number of aliphatic hydroxyl groups is 3. The Morgan fingerprint density at radius 3 is 2.47 bits per heavy atom. The summed E-state index contributed by atoms with van der Waals surface area (Å²) in [4.78, 5) is 8.74. The predicted octanol–water partition coefficient (Wildman–Crippen LogP) is 1.59. The van der Waals surface area contributed by atoms with Crippen molar-refractivity contribution < 1.29 is 33.2 Å². The quantitative estimate of drug-likeness (QED) is 0.191. The molecular formula is C19H18BrF3N4O4S. The summed E-state index contributed by atoms with van der Waals surface area (Å²) < 4.78 is 46.6. The van der Waals surface area contributed by atoms with Crippen LogP contribution in [-0.4, -0.2) is 68.6 Å². The van der Waals surface area contributed by atoms with Gasteiger partial charge in [0.2, 0.25) is 0 Å². The zero-order chi connectivity index (χ0) is 23.4. The minimum absolute atomic E-state index is 0.200. The van der Waals surface area contributed by atoms with Gasteiger partial charge >= 0.3 is 0 Å². The molecule has 2 heterocycles. The number of nitrogens with two attached hydrogens (primary N) is 1. The lowest BCUT2D eigenvalue weighted by Crippen LogP contribution is -2.56. The van der Waals surface area contributed by atoms with E-state index in [4.69, 9.17) is 10.6 Å². The van der Waals surface area contributed by atoms with E-state index in [1.165, 1.54) is 0 Å². The van der Waals surface area contributed by atoms with Crippen molar-refractivity contribution in [2.45, 2.75) is 34.7 Å². The molecule has 0 amide bonds. The predicted molar refractivity (Wildman–Crippen MR) is 115 cm³/mol. The maximum Gasteiger partial charge on any atom is 0.194 e. The molecule has 5 N–H and O–H groups in total. The van der Waals surface area contributed by atoms with Gasteiger partial charge in [-0.2, -0.15) is 5.10 Å². The molecule has 1 fully saturated rings. The van der Waals surface area contributed by atoms with Gasteiger partial charge in [-0.05, 0) is 34.1 Å². The fraction of sp³-hybridized carbons (Fsp3) is 0.316. The molecule has 0 saturated carbocycles. The summed E-state index contributed by atoms with van der Waals surface area (Å²) >= 11 is 4.39. The average molecular weight is 535 g/mol. The third-order valence-corrected chi connectivity index (χ3v) is 6.12.